The number of hydrogen-bond donors (Lipinski definition) is 4. The molecule has 0 saturated carbocycles. The number of carbonyl (C=O) groups excluding carboxylic acids is 1. The molecular weight excluding hydrogens is 356 g/mol. The van der Waals surface area contributed by atoms with E-state index in [1.165, 1.54) is 0 Å². The molecule has 0 unspecified atom stereocenters. The maximum absolute atomic E-state index is 11.9. The molecule has 0 fully saturated rings. The molecule has 0 saturated heterocycles. The Balaban J connectivity index is 2.05. The number of guanidine groups is 1. The third-order valence-corrected chi connectivity index (χ3v) is 4.30. The maximum Gasteiger partial charge on any atom is 0.334 e. The molecule has 0 spiro atoms. The van der Waals surface area contributed by atoms with Crippen molar-refractivity contribution in [3.63, 3.8) is 0 Å². The molecule has 2 aromatic rings. The number of carbonyl (C=O) groups is 2. The Bertz CT molecular complexity index is 907. The van der Waals surface area contributed by atoms with Gasteiger partial charge in [-0.2, -0.15) is 0 Å². The van der Waals surface area contributed by atoms with E-state index in [0.29, 0.717) is 17.9 Å². The Morgan fingerprint density at radius 1 is 1.14 bits per heavy atom. The number of hydrogen-bond acceptors (Lipinski definition) is 5. The summed E-state index contributed by atoms with van der Waals surface area (Å²) in [5.41, 5.74) is 2.97. The molecule has 0 radical (unpaired) electrons. The number of anilines is 1. The summed E-state index contributed by atoms with van der Waals surface area (Å²) in [7, 11) is 0. The first-order chi connectivity index (χ1) is 13.7. The van der Waals surface area contributed by atoms with E-state index in [1.807, 2.05) is 54.6 Å². The number of aliphatic imine (C=N–C) groups is 1. The van der Waals surface area contributed by atoms with Gasteiger partial charge in [0.1, 0.15) is 0 Å². The summed E-state index contributed by atoms with van der Waals surface area (Å²) in [6, 6.07) is 16.8. The lowest BCUT2D eigenvalue weighted by atomic mass is 9.92. The van der Waals surface area contributed by atoms with Crippen LogP contribution in [0.15, 0.2) is 65.2 Å². The van der Waals surface area contributed by atoms with Crippen molar-refractivity contribution in [1.82, 2.24) is 10.6 Å². The fourth-order valence-electron chi connectivity index (χ4n) is 3.04. The third kappa shape index (κ3) is 4.76. The van der Waals surface area contributed by atoms with Gasteiger partial charge >= 0.3 is 5.97 Å². The third-order valence-electron chi connectivity index (χ3n) is 4.30. The first-order valence-electron chi connectivity index (χ1n) is 9.03. The van der Waals surface area contributed by atoms with E-state index in [4.69, 9.17) is 0 Å². The second-order valence-corrected chi connectivity index (χ2v) is 6.24. The highest BCUT2D eigenvalue weighted by molar-refractivity contribution is 6.02. The second kappa shape index (κ2) is 9.36. The molecule has 0 atom stereocenters. The van der Waals surface area contributed by atoms with Gasteiger partial charge in [-0.05, 0) is 29.7 Å². The molecule has 2 aromatic carbocycles. The Morgan fingerprint density at radius 2 is 1.93 bits per heavy atom. The fourth-order valence-corrected chi connectivity index (χ4v) is 3.04. The van der Waals surface area contributed by atoms with Crippen LogP contribution in [0.3, 0.4) is 0 Å². The van der Waals surface area contributed by atoms with Crippen molar-refractivity contribution in [3.05, 3.63) is 71.3 Å². The van der Waals surface area contributed by atoms with E-state index < -0.39 is 5.97 Å². The number of amides is 1. The summed E-state index contributed by atoms with van der Waals surface area (Å²) in [5, 5.41) is 18.7. The van der Waals surface area contributed by atoms with Crippen molar-refractivity contribution in [2.45, 2.75) is 6.42 Å². The SMILES string of the molecule is O=CNCC(C(=O)O)=C(c1ccccc1)c1cccc(NC2=NCCCN2)c1. The molecule has 7 heteroatoms. The summed E-state index contributed by atoms with van der Waals surface area (Å²) in [6.45, 7) is 1.56. The number of carboxylic acid groups (broad SMARTS) is 1. The smallest absolute Gasteiger partial charge is 0.334 e. The molecule has 0 aromatic heterocycles. The minimum absolute atomic E-state index is 0.0744. The van der Waals surface area contributed by atoms with Gasteiger partial charge in [-0.3, -0.25) is 9.79 Å². The molecular formula is C21H22N4O3. The van der Waals surface area contributed by atoms with Gasteiger partial charge in [0.25, 0.3) is 0 Å². The summed E-state index contributed by atoms with van der Waals surface area (Å²) >= 11 is 0. The Hall–Kier alpha value is -3.61. The van der Waals surface area contributed by atoms with Crippen LogP contribution in [0, 0.1) is 0 Å². The van der Waals surface area contributed by atoms with Crippen LogP contribution in [0.4, 0.5) is 5.69 Å². The summed E-state index contributed by atoms with van der Waals surface area (Å²) in [5.74, 6) is -0.375. The van der Waals surface area contributed by atoms with Crippen LogP contribution in [0.2, 0.25) is 0 Å². The van der Waals surface area contributed by atoms with Crippen LogP contribution in [0.5, 0.6) is 0 Å². The van der Waals surface area contributed by atoms with Crippen LogP contribution in [0.1, 0.15) is 17.5 Å². The zero-order chi connectivity index (χ0) is 19.8. The van der Waals surface area contributed by atoms with Crippen LogP contribution in [-0.4, -0.2) is 43.1 Å². The quantitative estimate of drug-likeness (QED) is 0.436. The molecule has 1 amide bonds. The number of benzene rings is 2. The summed E-state index contributed by atoms with van der Waals surface area (Å²) in [4.78, 5) is 27.1. The van der Waals surface area contributed by atoms with Gasteiger partial charge in [0, 0.05) is 24.4 Å². The minimum atomic E-state index is -1.08. The maximum atomic E-state index is 11.9. The van der Waals surface area contributed by atoms with Gasteiger partial charge < -0.3 is 21.1 Å². The molecule has 1 aliphatic rings. The molecule has 7 nitrogen and oxygen atoms in total. The van der Waals surface area contributed by atoms with Crippen molar-refractivity contribution in [1.29, 1.82) is 0 Å². The molecule has 1 heterocycles. The molecule has 0 bridgehead atoms. The van der Waals surface area contributed by atoms with Crippen molar-refractivity contribution < 1.29 is 14.7 Å². The van der Waals surface area contributed by atoms with Crippen molar-refractivity contribution in [2.75, 3.05) is 25.0 Å². The van der Waals surface area contributed by atoms with Gasteiger partial charge in [-0.15, -0.1) is 0 Å². The Kier molecular flexibility index (Phi) is 6.41. The molecule has 144 valence electrons. The van der Waals surface area contributed by atoms with E-state index in [9.17, 15) is 14.7 Å². The minimum Gasteiger partial charge on any atom is -0.478 e. The number of carboxylic acids is 1. The molecule has 3 rings (SSSR count). The topological polar surface area (TPSA) is 103 Å². The predicted molar refractivity (Wildman–Crippen MR) is 109 cm³/mol. The number of nitrogens with one attached hydrogen (secondary N) is 3. The zero-order valence-electron chi connectivity index (χ0n) is 15.3. The predicted octanol–water partition coefficient (Wildman–Crippen LogP) is 2.08. The molecule has 28 heavy (non-hydrogen) atoms. The average molecular weight is 378 g/mol. The highest BCUT2D eigenvalue weighted by atomic mass is 16.4. The van der Waals surface area contributed by atoms with E-state index in [2.05, 4.69) is 20.9 Å². The van der Waals surface area contributed by atoms with Crippen LogP contribution in [0.25, 0.3) is 5.57 Å². The highest BCUT2D eigenvalue weighted by Crippen LogP contribution is 2.29. The fraction of sp³-hybridized carbons (Fsp3) is 0.190. The van der Waals surface area contributed by atoms with Crippen LogP contribution in [-0.2, 0) is 9.59 Å². The van der Waals surface area contributed by atoms with Crippen LogP contribution < -0.4 is 16.0 Å². The first kappa shape index (κ1) is 19.2. The largest absolute Gasteiger partial charge is 0.478 e. The van der Waals surface area contributed by atoms with Gasteiger partial charge in [-0.1, -0.05) is 42.5 Å². The molecule has 0 aliphatic carbocycles. The van der Waals surface area contributed by atoms with Gasteiger partial charge in [0.05, 0.1) is 12.1 Å². The van der Waals surface area contributed by atoms with Crippen molar-refractivity contribution in [3.8, 4) is 0 Å². The molecule has 1 aliphatic heterocycles. The monoisotopic (exact) mass is 378 g/mol. The summed E-state index contributed by atoms with van der Waals surface area (Å²) in [6.07, 6.45) is 1.49. The Labute approximate surface area is 163 Å². The van der Waals surface area contributed by atoms with Crippen LogP contribution >= 0.6 is 0 Å². The second-order valence-electron chi connectivity index (χ2n) is 6.24. The lowest BCUT2D eigenvalue weighted by Crippen LogP contribution is -2.35. The van der Waals surface area contributed by atoms with E-state index in [1.54, 1.807) is 0 Å². The Morgan fingerprint density at radius 3 is 2.61 bits per heavy atom. The number of nitrogens with zero attached hydrogens (tertiary/aromatic N) is 1. The highest BCUT2D eigenvalue weighted by Gasteiger charge is 2.18. The standard InChI is InChI=1S/C21H22N4O3/c26-14-22-13-18(20(27)28)19(15-6-2-1-3-7-15)16-8-4-9-17(12-16)25-21-23-10-5-11-24-21/h1-4,6-9,12,14H,5,10-11,13H2,(H,22,26)(H,27,28)(H2,23,24,25). The number of aliphatic carboxylic acids is 1. The number of rotatable bonds is 7. The lowest BCUT2D eigenvalue weighted by molar-refractivity contribution is -0.132. The molecule has 4 N–H and O–H groups in total. The van der Waals surface area contributed by atoms with E-state index in [-0.39, 0.29) is 12.1 Å². The van der Waals surface area contributed by atoms with Crippen molar-refractivity contribution in [2.24, 2.45) is 4.99 Å². The van der Waals surface area contributed by atoms with E-state index in [0.717, 1.165) is 36.3 Å². The van der Waals surface area contributed by atoms with E-state index >= 15 is 0 Å². The van der Waals surface area contributed by atoms with Gasteiger partial charge in [-0.25, -0.2) is 4.79 Å². The normalized spacial score (nSPS) is 14.2. The average Bonchev–Trinajstić information content (AvgIpc) is 2.72. The first-order valence-corrected chi connectivity index (χ1v) is 9.03. The lowest BCUT2D eigenvalue weighted by Gasteiger charge is -2.18. The zero-order valence-corrected chi connectivity index (χ0v) is 15.3. The van der Waals surface area contributed by atoms with Gasteiger partial charge in [0.2, 0.25) is 6.41 Å². The van der Waals surface area contributed by atoms with Crippen molar-refractivity contribution >= 4 is 29.6 Å². The van der Waals surface area contributed by atoms with Gasteiger partial charge in [0.15, 0.2) is 5.96 Å². The summed E-state index contributed by atoms with van der Waals surface area (Å²) < 4.78 is 0.